The zero-order valence-electron chi connectivity index (χ0n) is 8.42. The van der Waals surface area contributed by atoms with Crippen molar-refractivity contribution in [1.82, 2.24) is 0 Å². The summed E-state index contributed by atoms with van der Waals surface area (Å²) in [5.41, 5.74) is 0. The van der Waals surface area contributed by atoms with Crippen LogP contribution in [0.1, 0.15) is 4.28 Å². The van der Waals surface area contributed by atoms with Crippen molar-refractivity contribution < 1.29 is 129 Å². The van der Waals surface area contributed by atoms with Gasteiger partial charge in [0.15, 0.2) is 0 Å². The summed E-state index contributed by atoms with van der Waals surface area (Å²) in [6.45, 7) is 0. The van der Waals surface area contributed by atoms with Gasteiger partial charge in [-0.1, -0.05) is 0 Å². The Morgan fingerprint density at radius 3 is 1.22 bits per heavy atom. The summed E-state index contributed by atoms with van der Waals surface area (Å²) < 4.78 is 24.0. The van der Waals surface area contributed by atoms with Crippen LogP contribution in [0.25, 0.3) is 0 Å². The minimum Gasteiger partial charge on any atom is -1.00 e. The van der Waals surface area contributed by atoms with Crippen LogP contribution in [0.15, 0.2) is 0 Å². The molecule has 0 aromatic rings. The van der Waals surface area contributed by atoms with Crippen molar-refractivity contribution in [2.75, 3.05) is 0 Å². The third-order valence-corrected chi connectivity index (χ3v) is 0. The molecule has 0 heterocycles. The topological polar surface area (TPSA) is 57.5 Å². The quantitative estimate of drug-likeness (QED) is 0.408. The van der Waals surface area contributed by atoms with Crippen LogP contribution in [0.2, 0.25) is 0 Å². The molecular weight excluding hydrogens is 378 g/mol. The Kier molecular flexibility index (Phi) is 47.3. The second-order valence-corrected chi connectivity index (χ2v) is 2.65. The standard InChI is InChI=1S/Au.3Na.H2O3S2.3H/c;;;;1-5(2,3)4;;;/h;;;;(H2,1,2,3,4);;;/q;3*+1;;3*-1. The molecule has 0 aliphatic rings. The van der Waals surface area contributed by atoms with E-state index in [-0.39, 0.29) is 115 Å². The minimum absolute atomic E-state index is 0. The predicted octanol–water partition coefficient (Wildman–Crippen LogP) is -8.97. The Hall–Kier alpha value is 4.03. The molecule has 0 aromatic heterocycles. The summed E-state index contributed by atoms with van der Waals surface area (Å²) in [5.74, 6) is 0. The molecule has 0 saturated heterocycles. The maximum atomic E-state index is 9.11. The summed E-state index contributed by atoms with van der Waals surface area (Å²) in [6, 6.07) is 0. The van der Waals surface area contributed by atoms with E-state index < -0.39 is 9.05 Å². The first-order valence-corrected chi connectivity index (χ1v) is 3.10. The second kappa shape index (κ2) is 14.5. The predicted molar refractivity (Wildman–Crippen MR) is 24.1 cm³/mol. The molecule has 0 aromatic carbocycles. The molecule has 0 saturated carbocycles. The zero-order chi connectivity index (χ0) is 4.50. The molecule has 0 aliphatic carbocycles. The maximum Gasteiger partial charge on any atom is 1.00 e. The molecule has 0 bridgehead atoms. The fourth-order valence-corrected chi connectivity index (χ4v) is 0. The van der Waals surface area contributed by atoms with E-state index in [9.17, 15) is 0 Å². The maximum absolute atomic E-state index is 9.11. The van der Waals surface area contributed by atoms with Gasteiger partial charge < -0.3 is 4.28 Å². The molecule has 1 radical (unpaired) electrons. The van der Waals surface area contributed by atoms with E-state index in [0.717, 1.165) is 0 Å². The van der Waals surface area contributed by atoms with Gasteiger partial charge in [0.25, 0.3) is 9.05 Å². The Morgan fingerprint density at radius 2 is 1.22 bits per heavy atom. The Bertz CT molecular complexity index is 110. The van der Waals surface area contributed by atoms with Crippen molar-refractivity contribution in [3.8, 4) is 0 Å². The first kappa shape index (κ1) is 29.2. The monoisotopic (exact) mass is 383 g/mol. The van der Waals surface area contributed by atoms with E-state index in [4.69, 9.17) is 13.3 Å². The van der Waals surface area contributed by atoms with Crippen molar-refractivity contribution in [2.45, 2.75) is 0 Å². The minimum atomic E-state index is -3.83. The van der Waals surface area contributed by atoms with Crippen molar-refractivity contribution in [2.24, 2.45) is 0 Å². The van der Waals surface area contributed by atoms with Crippen molar-refractivity contribution in [3.05, 3.63) is 0 Å². The van der Waals surface area contributed by atoms with Gasteiger partial charge in [-0.3, -0.25) is 9.11 Å². The second-order valence-electron chi connectivity index (χ2n) is 0.448. The Morgan fingerprint density at radius 1 is 1.22 bits per heavy atom. The van der Waals surface area contributed by atoms with E-state index in [1.54, 1.807) is 0 Å². The van der Waals surface area contributed by atoms with Gasteiger partial charge in [-0.2, -0.15) is 4.21 Å². The van der Waals surface area contributed by atoms with Crippen LogP contribution < -0.4 is 88.7 Å². The van der Waals surface area contributed by atoms with Crippen LogP contribution in [0, 0.1) is 0 Å². The van der Waals surface area contributed by atoms with E-state index in [1.165, 1.54) is 0 Å². The molecule has 2 N–H and O–H groups in total. The Balaban J connectivity index is -0.00000000381. The Labute approximate surface area is 146 Å². The largest absolute Gasteiger partial charge is 1.00 e. The average Bonchev–Trinajstić information content (AvgIpc) is 0.722. The summed E-state index contributed by atoms with van der Waals surface area (Å²) >= 11 is 3.47. The first-order chi connectivity index (χ1) is 2.00. The summed E-state index contributed by atoms with van der Waals surface area (Å²) in [4.78, 5) is 0. The van der Waals surface area contributed by atoms with E-state index in [2.05, 4.69) is 11.2 Å². The molecule has 0 atom stereocenters. The smallest absolute Gasteiger partial charge is 1.00 e. The third kappa shape index (κ3) is 74.5. The van der Waals surface area contributed by atoms with Crippen LogP contribution in [-0.4, -0.2) is 13.3 Å². The molecule has 9 heteroatoms. The first-order valence-electron chi connectivity index (χ1n) is 0.698. The molecule has 0 fully saturated rings. The van der Waals surface area contributed by atoms with Crippen molar-refractivity contribution >= 4 is 20.2 Å². The molecular formula is H5AuNa3O3S2. The number of hydrogen-bond donors (Lipinski definition) is 2. The van der Waals surface area contributed by atoms with Crippen LogP contribution in [-0.2, 0) is 42.6 Å². The third-order valence-electron chi connectivity index (χ3n) is 0. The van der Waals surface area contributed by atoms with Gasteiger partial charge in [-0.25, -0.2) is 0 Å². The van der Waals surface area contributed by atoms with Gasteiger partial charge in [0.05, 0.1) is 0 Å². The fraction of sp³-hybridized carbons (Fsp3) is 0. The SMILES string of the molecule is O=S(O)(O)=S.[Au].[H-].[H-].[H-].[Na+].[Na+].[Na+]. The van der Waals surface area contributed by atoms with Gasteiger partial charge in [0.2, 0.25) is 0 Å². The van der Waals surface area contributed by atoms with Crippen LogP contribution in [0.5, 0.6) is 0 Å². The van der Waals surface area contributed by atoms with Crippen LogP contribution in [0.3, 0.4) is 0 Å². The normalized spacial score (nSPS) is 6.44. The number of hydrogen-bond acceptors (Lipinski definition) is 2. The average molecular weight is 383 g/mol. The van der Waals surface area contributed by atoms with Gasteiger partial charge in [0, 0.05) is 33.6 Å². The number of rotatable bonds is 0. The van der Waals surface area contributed by atoms with Crippen molar-refractivity contribution in [3.63, 3.8) is 0 Å². The van der Waals surface area contributed by atoms with Crippen LogP contribution in [0.4, 0.5) is 0 Å². The van der Waals surface area contributed by atoms with Crippen molar-refractivity contribution in [1.29, 1.82) is 0 Å². The van der Waals surface area contributed by atoms with Gasteiger partial charge >= 0.3 is 88.7 Å². The van der Waals surface area contributed by atoms with Crippen LogP contribution >= 0.6 is 0 Å². The summed E-state index contributed by atoms with van der Waals surface area (Å²) in [6.07, 6.45) is 0. The molecule has 0 aliphatic heterocycles. The van der Waals surface area contributed by atoms with Gasteiger partial charge in [-0.05, 0) is 0 Å². The molecule has 0 amide bonds. The van der Waals surface area contributed by atoms with E-state index in [1.807, 2.05) is 0 Å². The molecule has 0 rings (SSSR count). The molecule has 9 heavy (non-hydrogen) atoms. The van der Waals surface area contributed by atoms with Gasteiger partial charge in [0.1, 0.15) is 0 Å². The van der Waals surface area contributed by atoms with E-state index in [0.29, 0.717) is 0 Å². The molecule has 49 valence electrons. The molecule has 0 spiro atoms. The molecule has 3 nitrogen and oxygen atoms in total. The summed E-state index contributed by atoms with van der Waals surface area (Å²) in [7, 11) is -3.83. The van der Waals surface area contributed by atoms with Gasteiger partial charge in [-0.15, -0.1) is 0 Å². The zero-order valence-corrected chi connectivity index (χ0v) is 15.2. The molecule has 0 unspecified atom stereocenters. The van der Waals surface area contributed by atoms with E-state index >= 15 is 0 Å². The fourth-order valence-electron chi connectivity index (χ4n) is 0. The summed E-state index contributed by atoms with van der Waals surface area (Å²) in [5, 5.41) is 0.